The standard InChI is InChI=1S/C13H28NO4PS/c1-12(2)17-19(15,18-13(3,4)5)20-11-8-14-6-9-16-10-7-14/h12H,6-11H2,1-5H3. The molecule has 5 nitrogen and oxygen atoms in total. The maximum Gasteiger partial charge on any atom is 0.389 e. The number of nitrogens with zero attached hydrogens (tertiary/aromatic N) is 1. The van der Waals surface area contributed by atoms with E-state index in [0.29, 0.717) is 0 Å². The van der Waals surface area contributed by atoms with Gasteiger partial charge in [0, 0.05) is 25.4 Å². The Morgan fingerprint density at radius 1 is 1.30 bits per heavy atom. The van der Waals surface area contributed by atoms with Crippen LogP contribution in [0.4, 0.5) is 0 Å². The highest BCUT2D eigenvalue weighted by molar-refractivity contribution is 8.55. The second-order valence-corrected chi connectivity index (χ2v) is 10.2. The van der Waals surface area contributed by atoms with Gasteiger partial charge in [0.25, 0.3) is 0 Å². The molecule has 1 aliphatic rings. The van der Waals surface area contributed by atoms with Crippen LogP contribution in [0.2, 0.25) is 0 Å². The second-order valence-electron chi connectivity index (χ2n) is 6.09. The molecule has 0 spiro atoms. The van der Waals surface area contributed by atoms with Crippen molar-refractivity contribution in [3.8, 4) is 0 Å². The van der Waals surface area contributed by atoms with E-state index in [2.05, 4.69) is 4.90 Å². The lowest BCUT2D eigenvalue weighted by atomic mass is 10.2. The molecule has 0 aromatic rings. The van der Waals surface area contributed by atoms with Crippen LogP contribution in [-0.2, 0) is 18.3 Å². The Kier molecular flexibility index (Phi) is 7.53. The van der Waals surface area contributed by atoms with E-state index >= 15 is 0 Å². The minimum Gasteiger partial charge on any atom is -0.379 e. The molecule has 0 radical (unpaired) electrons. The van der Waals surface area contributed by atoms with Gasteiger partial charge < -0.3 is 4.74 Å². The van der Waals surface area contributed by atoms with Crippen molar-refractivity contribution < 1.29 is 18.3 Å². The van der Waals surface area contributed by atoms with Crippen LogP contribution in [0.15, 0.2) is 0 Å². The van der Waals surface area contributed by atoms with Crippen molar-refractivity contribution in [1.29, 1.82) is 0 Å². The Labute approximate surface area is 127 Å². The molecule has 7 heteroatoms. The summed E-state index contributed by atoms with van der Waals surface area (Å²) in [5, 5.41) is 0. The molecule has 0 aromatic carbocycles. The lowest BCUT2D eigenvalue weighted by Crippen LogP contribution is -2.37. The Hall–Kier alpha value is 0.420. The van der Waals surface area contributed by atoms with E-state index in [1.807, 2.05) is 34.6 Å². The van der Waals surface area contributed by atoms with Crippen molar-refractivity contribution in [3.05, 3.63) is 0 Å². The van der Waals surface area contributed by atoms with Crippen LogP contribution in [-0.4, -0.2) is 55.2 Å². The van der Waals surface area contributed by atoms with Gasteiger partial charge in [0.15, 0.2) is 0 Å². The molecule has 1 saturated heterocycles. The Morgan fingerprint density at radius 3 is 2.40 bits per heavy atom. The van der Waals surface area contributed by atoms with Gasteiger partial charge >= 0.3 is 6.80 Å². The zero-order valence-corrected chi connectivity index (χ0v) is 15.0. The maximum absolute atomic E-state index is 12.8. The van der Waals surface area contributed by atoms with Gasteiger partial charge in [-0.3, -0.25) is 13.9 Å². The average Bonchev–Trinajstić information content (AvgIpc) is 2.26. The first-order chi connectivity index (χ1) is 9.20. The van der Waals surface area contributed by atoms with Crippen LogP contribution in [0, 0.1) is 0 Å². The van der Waals surface area contributed by atoms with Gasteiger partial charge in [-0.05, 0) is 46.0 Å². The van der Waals surface area contributed by atoms with Gasteiger partial charge in [0.1, 0.15) is 0 Å². The summed E-state index contributed by atoms with van der Waals surface area (Å²) in [7, 11) is 0. The van der Waals surface area contributed by atoms with Crippen LogP contribution in [0.25, 0.3) is 0 Å². The topological polar surface area (TPSA) is 48.0 Å². The molecule has 0 amide bonds. The van der Waals surface area contributed by atoms with Crippen LogP contribution in [0.5, 0.6) is 0 Å². The van der Waals surface area contributed by atoms with Gasteiger partial charge in [-0.1, -0.05) is 0 Å². The largest absolute Gasteiger partial charge is 0.389 e. The highest BCUT2D eigenvalue weighted by Crippen LogP contribution is 2.63. The molecule has 0 aliphatic carbocycles. The van der Waals surface area contributed by atoms with Crippen LogP contribution in [0.3, 0.4) is 0 Å². The molecule has 120 valence electrons. The smallest absolute Gasteiger partial charge is 0.379 e. The molecule has 1 aliphatic heterocycles. The van der Waals surface area contributed by atoms with E-state index < -0.39 is 12.4 Å². The number of morpholine rings is 1. The molecule has 20 heavy (non-hydrogen) atoms. The molecule has 0 bridgehead atoms. The molecule has 1 fully saturated rings. The molecule has 1 unspecified atom stereocenters. The Bertz CT molecular complexity index is 327. The molecule has 1 rings (SSSR count). The number of hydrogen-bond acceptors (Lipinski definition) is 6. The lowest BCUT2D eigenvalue weighted by Gasteiger charge is -2.29. The average molecular weight is 325 g/mol. The fourth-order valence-corrected chi connectivity index (χ4v) is 6.13. The zero-order chi connectivity index (χ0) is 15.2. The summed E-state index contributed by atoms with van der Waals surface area (Å²) in [5.41, 5.74) is -0.476. The molecule has 0 N–H and O–H groups in total. The first kappa shape index (κ1) is 18.5. The quantitative estimate of drug-likeness (QED) is 0.669. The third-order valence-electron chi connectivity index (χ3n) is 2.49. The van der Waals surface area contributed by atoms with Gasteiger partial charge in [0.2, 0.25) is 0 Å². The molecule has 1 heterocycles. The number of hydrogen-bond donors (Lipinski definition) is 0. The van der Waals surface area contributed by atoms with Gasteiger partial charge in [-0.15, -0.1) is 0 Å². The highest BCUT2D eigenvalue weighted by Gasteiger charge is 2.32. The van der Waals surface area contributed by atoms with E-state index in [4.69, 9.17) is 13.8 Å². The minimum atomic E-state index is -3.11. The summed E-state index contributed by atoms with van der Waals surface area (Å²) in [6.07, 6.45) is -0.112. The van der Waals surface area contributed by atoms with Crippen LogP contribution in [0.1, 0.15) is 34.6 Å². The molecule has 0 aromatic heterocycles. The molecule has 0 saturated carbocycles. The summed E-state index contributed by atoms with van der Waals surface area (Å²) in [5.74, 6) is 0.736. The normalized spacial score (nSPS) is 21.1. The summed E-state index contributed by atoms with van der Waals surface area (Å²) in [6.45, 7) is 10.7. The monoisotopic (exact) mass is 325 g/mol. The fourth-order valence-electron chi connectivity index (χ4n) is 1.78. The van der Waals surface area contributed by atoms with Gasteiger partial charge in [-0.25, -0.2) is 4.57 Å². The first-order valence-electron chi connectivity index (χ1n) is 7.14. The fraction of sp³-hybridized carbons (Fsp3) is 1.00. The first-order valence-corrected chi connectivity index (χ1v) is 10.3. The molecule has 1 atom stereocenters. The predicted octanol–water partition coefficient (Wildman–Crippen LogP) is 3.40. The second kappa shape index (κ2) is 8.16. The van der Waals surface area contributed by atoms with Crippen LogP contribution < -0.4 is 0 Å². The van der Waals surface area contributed by atoms with Crippen molar-refractivity contribution in [2.45, 2.75) is 46.3 Å². The number of rotatable bonds is 7. The van der Waals surface area contributed by atoms with Crippen molar-refractivity contribution in [2.75, 3.05) is 38.6 Å². The van der Waals surface area contributed by atoms with Gasteiger partial charge in [0.05, 0.1) is 24.9 Å². The van der Waals surface area contributed by atoms with Crippen molar-refractivity contribution in [1.82, 2.24) is 4.90 Å². The third kappa shape index (κ3) is 8.01. The SMILES string of the molecule is CC(C)OP(=O)(OC(C)(C)C)SCCN1CCOCC1. The van der Waals surface area contributed by atoms with Crippen molar-refractivity contribution >= 4 is 18.2 Å². The van der Waals surface area contributed by atoms with E-state index in [9.17, 15) is 4.57 Å². The minimum absolute atomic E-state index is 0.112. The van der Waals surface area contributed by atoms with E-state index in [1.54, 1.807) is 0 Å². The lowest BCUT2D eigenvalue weighted by molar-refractivity contribution is 0.0410. The summed E-state index contributed by atoms with van der Waals surface area (Å²) < 4.78 is 29.3. The van der Waals surface area contributed by atoms with E-state index in [1.165, 1.54) is 11.4 Å². The Balaban J connectivity index is 2.45. The van der Waals surface area contributed by atoms with Crippen LogP contribution >= 0.6 is 18.2 Å². The highest BCUT2D eigenvalue weighted by atomic mass is 32.7. The van der Waals surface area contributed by atoms with Crippen molar-refractivity contribution in [2.24, 2.45) is 0 Å². The maximum atomic E-state index is 12.8. The summed E-state index contributed by atoms with van der Waals surface area (Å²) in [6, 6.07) is 0. The molecular formula is C13H28NO4PS. The Morgan fingerprint density at radius 2 is 1.90 bits per heavy atom. The van der Waals surface area contributed by atoms with Crippen molar-refractivity contribution in [3.63, 3.8) is 0 Å². The zero-order valence-electron chi connectivity index (χ0n) is 13.3. The van der Waals surface area contributed by atoms with E-state index in [0.717, 1.165) is 38.6 Å². The summed E-state index contributed by atoms with van der Waals surface area (Å²) >= 11 is 1.30. The molecular weight excluding hydrogens is 297 g/mol. The number of ether oxygens (including phenoxy) is 1. The summed E-state index contributed by atoms with van der Waals surface area (Å²) in [4.78, 5) is 2.31. The third-order valence-corrected chi connectivity index (χ3v) is 6.60. The van der Waals surface area contributed by atoms with E-state index in [-0.39, 0.29) is 6.10 Å². The predicted molar refractivity (Wildman–Crippen MR) is 84.4 cm³/mol. The van der Waals surface area contributed by atoms with Gasteiger partial charge in [-0.2, -0.15) is 0 Å².